The van der Waals surface area contributed by atoms with Gasteiger partial charge in [0.05, 0.1) is 17.0 Å². The van der Waals surface area contributed by atoms with E-state index in [1.165, 1.54) is 6.92 Å². The lowest BCUT2D eigenvalue weighted by molar-refractivity contribution is -0.163. The zero-order valence-electron chi connectivity index (χ0n) is 11.6. The zero-order chi connectivity index (χ0) is 14.6. The first-order valence-electron chi connectivity index (χ1n) is 5.97. The number of carbonyl (C=O) groups excluding carboxylic acids is 2. The van der Waals surface area contributed by atoms with Crippen LogP contribution in [-0.2, 0) is 14.3 Å². The molecule has 1 atom stereocenters. The minimum absolute atomic E-state index is 0.248. The molecule has 0 heterocycles. The maximum Gasteiger partial charge on any atom is 0.312 e. The van der Waals surface area contributed by atoms with Crippen LogP contribution in [0.25, 0.3) is 0 Å². The molecule has 0 radical (unpaired) electrons. The molecule has 1 aromatic carbocycles. The summed E-state index contributed by atoms with van der Waals surface area (Å²) in [5.41, 5.74) is 0.401. The van der Waals surface area contributed by atoms with Gasteiger partial charge in [-0.1, -0.05) is 12.1 Å². The van der Waals surface area contributed by atoms with Crippen molar-refractivity contribution < 1.29 is 14.3 Å². The van der Waals surface area contributed by atoms with Gasteiger partial charge in [-0.2, -0.15) is 5.26 Å². The van der Waals surface area contributed by atoms with Crippen molar-refractivity contribution in [3.8, 4) is 6.07 Å². The van der Waals surface area contributed by atoms with Gasteiger partial charge < -0.3 is 4.74 Å². The molecule has 0 bridgehead atoms. The lowest BCUT2D eigenvalue weighted by atomic mass is 9.96. The Morgan fingerprint density at radius 3 is 2.11 bits per heavy atom. The number of hydrogen-bond donors (Lipinski definition) is 0. The standard InChI is InChI=1S/C15H17NO3/c1-10(17)13(19-14(18)15(2,3)4)12-7-5-11(9-16)6-8-12/h5-8,13H,1-4H3. The maximum atomic E-state index is 11.8. The van der Waals surface area contributed by atoms with E-state index in [4.69, 9.17) is 10.00 Å². The van der Waals surface area contributed by atoms with Crippen LogP contribution in [0.4, 0.5) is 0 Å². The van der Waals surface area contributed by atoms with Crippen molar-refractivity contribution in [2.45, 2.75) is 33.8 Å². The van der Waals surface area contributed by atoms with E-state index in [9.17, 15) is 9.59 Å². The molecule has 1 rings (SSSR count). The molecule has 0 aromatic heterocycles. The van der Waals surface area contributed by atoms with Crippen LogP contribution in [0.1, 0.15) is 44.9 Å². The SMILES string of the molecule is CC(=O)C(OC(=O)C(C)(C)C)c1ccc(C#N)cc1. The molecule has 0 amide bonds. The van der Waals surface area contributed by atoms with Gasteiger partial charge in [-0.3, -0.25) is 9.59 Å². The van der Waals surface area contributed by atoms with Gasteiger partial charge in [-0.15, -0.1) is 0 Å². The molecule has 0 saturated heterocycles. The van der Waals surface area contributed by atoms with E-state index in [1.54, 1.807) is 45.0 Å². The van der Waals surface area contributed by atoms with Crippen LogP contribution < -0.4 is 0 Å². The van der Waals surface area contributed by atoms with Gasteiger partial charge in [0.15, 0.2) is 11.9 Å². The highest BCUT2D eigenvalue weighted by Crippen LogP contribution is 2.24. The number of ether oxygens (including phenoxy) is 1. The molecule has 0 saturated carbocycles. The fourth-order valence-electron chi connectivity index (χ4n) is 1.40. The maximum absolute atomic E-state index is 11.8. The second kappa shape index (κ2) is 5.66. The highest BCUT2D eigenvalue weighted by molar-refractivity contribution is 5.86. The second-order valence-electron chi connectivity index (χ2n) is 5.38. The molecule has 100 valence electrons. The fraction of sp³-hybridized carbons (Fsp3) is 0.400. The Balaban J connectivity index is 2.98. The third kappa shape index (κ3) is 3.92. The fourth-order valence-corrected chi connectivity index (χ4v) is 1.40. The molecule has 0 aliphatic heterocycles. The first-order valence-corrected chi connectivity index (χ1v) is 5.97. The minimum atomic E-state index is -0.917. The summed E-state index contributed by atoms with van der Waals surface area (Å²) < 4.78 is 5.26. The predicted octanol–water partition coefficient (Wildman–Crippen LogP) is 2.78. The normalized spacial score (nSPS) is 12.4. The van der Waals surface area contributed by atoms with Crippen LogP contribution in [0.2, 0.25) is 0 Å². The summed E-state index contributed by atoms with van der Waals surface area (Å²) in [6, 6.07) is 8.43. The average Bonchev–Trinajstić information content (AvgIpc) is 2.34. The van der Waals surface area contributed by atoms with E-state index < -0.39 is 17.5 Å². The third-order valence-electron chi connectivity index (χ3n) is 2.55. The monoisotopic (exact) mass is 259 g/mol. The van der Waals surface area contributed by atoms with Crippen molar-refractivity contribution in [3.05, 3.63) is 35.4 Å². The Hall–Kier alpha value is -2.15. The van der Waals surface area contributed by atoms with E-state index in [0.717, 1.165) is 0 Å². The van der Waals surface area contributed by atoms with Gasteiger partial charge in [0, 0.05) is 5.56 Å². The Kier molecular flexibility index (Phi) is 4.44. The van der Waals surface area contributed by atoms with Gasteiger partial charge in [-0.25, -0.2) is 0 Å². The highest BCUT2D eigenvalue weighted by Gasteiger charge is 2.29. The molecule has 0 aliphatic carbocycles. The van der Waals surface area contributed by atoms with E-state index >= 15 is 0 Å². The minimum Gasteiger partial charge on any atom is -0.449 e. The molecular formula is C15H17NO3. The number of ketones is 1. The highest BCUT2D eigenvalue weighted by atomic mass is 16.5. The Labute approximate surface area is 113 Å². The molecule has 19 heavy (non-hydrogen) atoms. The molecule has 4 heteroatoms. The van der Waals surface area contributed by atoms with Crippen LogP contribution in [0, 0.1) is 16.7 Å². The Bertz CT molecular complexity index is 518. The van der Waals surface area contributed by atoms with Crippen molar-refractivity contribution in [2.75, 3.05) is 0 Å². The van der Waals surface area contributed by atoms with Crippen molar-refractivity contribution >= 4 is 11.8 Å². The average molecular weight is 259 g/mol. The predicted molar refractivity (Wildman–Crippen MR) is 70.1 cm³/mol. The summed E-state index contributed by atoms with van der Waals surface area (Å²) in [6.45, 7) is 6.56. The number of rotatable bonds is 3. The zero-order valence-corrected chi connectivity index (χ0v) is 11.6. The third-order valence-corrected chi connectivity index (χ3v) is 2.55. The largest absolute Gasteiger partial charge is 0.449 e. The first kappa shape index (κ1) is 14.9. The van der Waals surface area contributed by atoms with Crippen LogP contribution in [0.5, 0.6) is 0 Å². The van der Waals surface area contributed by atoms with E-state index in [-0.39, 0.29) is 5.78 Å². The molecule has 4 nitrogen and oxygen atoms in total. The van der Waals surface area contributed by atoms with E-state index in [0.29, 0.717) is 11.1 Å². The summed E-state index contributed by atoms with van der Waals surface area (Å²) in [5.74, 6) is -0.681. The van der Waals surface area contributed by atoms with Gasteiger partial charge in [0.2, 0.25) is 0 Å². The van der Waals surface area contributed by atoms with Crippen LogP contribution in [0.15, 0.2) is 24.3 Å². The molecule has 1 aromatic rings. The number of carbonyl (C=O) groups is 2. The Morgan fingerprint density at radius 2 is 1.74 bits per heavy atom. The van der Waals surface area contributed by atoms with Crippen LogP contribution in [-0.4, -0.2) is 11.8 Å². The van der Waals surface area contributed by atoms with Gasteiger partial charge in [0.25, 0.3) is 0 Å². The molecule has 0 fully saturated rings. The number of nitrogens with zero attached hydrogens (tertiary/aromatic N) is 1. The summed E-state index contributed by atoms with van der Waals surface area (Å²) >= 11 is 0. The summed E-state index contributed by atoms with van der Waals surface area (Å²) in [4.78, 5) is 23.5. The number of nitriles is 1. The lowest BCUT2D eigenvalue weighted by Crippen LogP contribution is -2.27. The number of Topliss-reactive ketones (excluding diaryl/α,β-unsaturated/α-hetero) is 1. The topological polar surface area (TPSA) is 67.2 Å². The molecular weight excluding hydrogens is 242 g/mol. The Morgan fingerprint density at radius 1 is 1.21 bits per heavy atom. The summed E-state index contributed by atoms with van der Waals surface area (Å²) in [6.07, 6.45) is -0.917. The number of hydrogen-bond acceptors (Lipinski definition) is 4. The van der Waals surface area contributed by atoms with Crippen LogP contribution >= 0.6 is 0 Å². The number of benzene rings is 1. The smallest absolute Gasteiger partial charge is 0.312 e. The molecule has 0 spiro atoms. The van der Waals surface area contributed by atoms with Crippen molar-refractivity contribution in [3.63, 3.8) is 0 Å². The molecule has 0 N–H and O–H groups in total. The second-order valence-corrected chi connectivity index (χ2v) is 5.38. The van der Waals surface area contributed by atoms with Crippen molar-refractivity contribution in [1.29, 1.82) is 5.26 Å². The number of esters is 1. The quantitative estimate of drug-likeness (QED) is 0.783. The first-order chi connectivity index (χ1) is 8.75. The molecule has 1 unspecified atom stereocenters. The van der Waals surface area contributed by atoms with Gasteiger partial charge in [0.1, 0.15) is 0 Å². The van der Waals surface area contributed by atoms with Crippen LogP contribution in [0.3, 0.4) is 0 Å². The summed E-state index contributed by atoms with van der Waals surface area (Å²) in [7, 11) is 0. The van der Waals surface area contributed by atoms with E-state index in [2.05, 4.69) is 0 Å². The molecule has 0 aliphatic rings. The van der Waals surface area contributed by atoms with Gasteiger partial charge >= 0.3 is 5.97 Å². The van der Waals surface area contributed by atoms with E-state index in [1.807, 2.05) is 6.07 Å². The lowest BCUT2D eigenvalue weighted by Gasteiger charge is -2.22. The van der Waals surface area contributed by atoms with Crippen molar-refractivity contribution in [1.82, 2.24) is 0 Å². The van der Waals surface area contributed by atoms with Crippen molar-refractivity contribution in [2.24, 2.45) is 5.41 Å². The summed E-state index contributed by atoms with van der Waals surface area (Å²) in [5, 5.41) is 8.73. The van der Waals surface area contributed by atoms with Gasteiger partial charge in [-0.05, 0) is 39.8 Å².